The van der Waals surface area contributed by atoms with Crippen molar-refractivity contribution in [3.8, 4) is 17.4 Å². The Hall–Kier alpha value is -2.83. The number of hydrogen-bond donors (Lipinski definition) is 2. The zero-order valence-corrected chi connectivity index (χ0v) is 9.99. The summed E-state index contributed by atoms with van der Waals surface area (Å²) in [5.41, 5.74) is 0.918. The van der Waals surface area contributed by atoms with Gasteiger partial charge in [-0.1, -0.05) is 0 Å². The third kappa shape index (κ3) is 2.13. The molecule has 0 amide bonds. The molecule has 0 saturated carbocycles. The Balaban J connectivity index is 1.98. The summed E-state index contributed by atoms with van der Waals surface area (Å²) in [6.07, 6.45) is 1.33. The summed E-state index contributed by atoms with van der Waals surface area (Å²) in [5.74, 6) is 0.871. The van der Waals surface area contributed by atoms with Crippen LogP contribution in [0.25, 0.3) is 5.65 Å². The van der Waals surface area contributed by atoms with Crippen LogP contribution in [-0.4, -0.2) is 24.7 Å². The SMILES string of the molecule is Cc1cc(O)cc(Oc2cc3n[nH]c(=O)n3cn2)c1. The fourth-order valence-electron chi connectivity index (χ4n) is 1.76. The first kappa shape index (κ1) is 11.3. The van der Waals surface area contributed by atoms with Crippen LogP contribution in [0.15, 0.2) is 35.4 Å². The number of nitrogens with one attached hydrogen (secondary N) is 1. The molecule has 0 aliphatic rings. The van der Waals surface area contributed by atoms with E-state index in [0.717, 1.165) is 5.56 Å². The number of H-pyrrole nitrogens is 1. The van der Waals surface area contributed by atoms with Crippen LogP contribution in [0.5, 0.6) is 17.4 Å². The van der Waals surface area contributed by atoms with Crippen LogP contribution in [0.3, 0.4) is 0 Å². The minimum Gasteiger partial charge on any atom is -0.508 e. The summed E-state index contributed by atoms with van der Waals surface area (Å²) < 4.78 is 6.78. The second-order valence-corrected chi connectivity index (χ2v) is 4.09. The van der Waals surface area contributed by atoms with E-state index >= 15 is 0 Å². The number of aromatic hydroxyl groups is 1. The molecule has 0 atom stereocenters. The first-order valence-corrected chi connectivity index (χ1v) is 5.53. The predicted octanol–water partition coefficient (Wildman–Crippen LogP) is 1.22. The molecule has 19 heavy (non-hydrogen) atoms. The summed E-state index contributed by atoms with van der Waals surface area (Å²) in [6, 6.07) is 6.39. The molecule has 0 unspecified atom stereocenters. The number of aromatic amines is 1. The number of fused-ring (bicyclic) bond motifs is 1. The molecule has 3 rings (SSSR count). The van der Waals surface area contributed by atoms with Crippen LogP contribution in [-0.2, 0) is 0 Å². The van der Waals surface area contributed by atoms with Gasteiger partial charge in [0.05, 0.1) is 0 Å². The maximum Gasteiger partial charge on any atom is 0.348 e. The minimum atomic E-state index is -0.359. The Morgan fingerprint density at radius 3 is 2.95 bits per heavy atom. The molecule has 7 nitrogen and oxygen atoms in total. The Morgan fingerprint density at radius 2 is 2.16 bits per heavy atom. The molecular weight excluding hydrogens is 248 g/mol. The van der Waals surface area contributed by atoms with E-state index in [1.54, 1.807) is 12.1 Å². The highest BCUT2D eigenvalue weighted by atomic mass is 16.5. The number of nitrogens with zero attached hydrogens (tertiary/aromatic N) is 3. The summed E-state index contributed by atoms with van der Waals surface area (Å²) in [5, 5.41) is 15.6. The maximum absolute atomic E-state index is 11.3. The Morgan fingerprint density at radius 1 is 1.32 bits per heavy atom. The van der Waals surface area contributed by atoms with Gasteiger partial charge in [0, 0.05) is 12.1 Å². The first-order valence-electron chi connectivity index (χ1n) is 5.53. The van der Waals surface area contributed by atoms with Gasteiger partial charge >= 0.3 is 5.69 Å². The molecular formula is C12H10N4O3. The zero-order valence-electron chi connectivity index (χ0n) is 9.99. The predicted molar refractivity (Wildman–Crippen MR) is 66.5 cm³/mol. The van der Waals surface area contributed by atoms with Gasteiger partial charge in [-0.05, 0) is 24.6 Å². The van der Waals surface area contributed by atoms with E-state index in [4.69, 9.17) is 4.74 Å². The quantitative estimate of drug-likeness (QED) is 0.721. The number of benzene rings is 1. The average molecular weight is 258 g/mol. The minimum absolute atomic E-state index is 0.118. The van der Waals surface area contributed by atoms with Crippen molar-refractivity contribution in [3.05, 3.63) is 46.6 Å². The van der Waals surface area contributed by atoms with E-state index in [9.17, 15) is 9.90 Å². The van der Waals surface area contributed by atoms with E-state index in [1.807, 2.05) is 6.92 Å². The van der Waals surface area contributed by atoms with E-state index in [-0.39, 0.29) is 17.3 Å². The summed E-state index contributed by atoms with van der Waals surface area (Å²) in [4.78, 5) is 15.3. The molecule has 3 aromatic rings. The van der Waals surface area contributed by atoms with Crippen molar-refractivity contribution in [2.75, 3.05) is 0 Å². The number of hydrogen-bond acceptors (Lipinski definition) is 5. The number of aryl methyl sites for hydroxylation is 1. The van der Waals surface area contributed by atoms with Gasteiger partial charge in [-0.3, -0.25) is 0 Å². The molecule has 0 radical (unpaired) electrons. The number of aromatic nitrogens is 4. The lowest BCUT2D eigenvalue weighted by Gasteiger charge is -2.06. The van der Waals surface area contributed by atoms with Crippen LogP contribution in [0.2, 0.25) is 0 Å². The second-order valence-electron chi connectivity index (χ2n) is 4.09. The Bertz CT molecular complexity index is 786. The fourth-order valence-corrected chi connectivity index (χ4v) is 1.76. The standard InChI is InChI=1S/C12H10N4O3/c1-7-2-8(17)4-9(3-7)19-11-5-10-14-15-12(18)16(10)6-13-11/h2-6,17H,1H3,(H,15,18). The van der Waals surface area contributed by atoms with Crippen LogP contribution in [0.1, 0.15) is 5.56 Å². The third-order valence-corrected chi connectivity index (χ3v) is 2.54. The highest BCUT2D eigenvalue weighted by Crippen LogP contribution is 2.25. The molecule has 0 spiro atoms. The molecule has 1 aromatic carbocycles. The Labute approximate surface area is 107 Å². The summed E-state index contributed by atoms with van der Waals surface area (Å²) in [6.45, 7) is 1.84. The van der Waals surface area contributed by atoms with E-state index < -0.39 is 0 Å². The van der Waals surface area contributed by atoms with Gasteiger partial charge in [-0.2, -0.15) is 5.10 Å². The lowest BCUT2D eigenvalue weighted by atomic mass is 10.2. The number of phenols is 1. The van der Waals surface area contributed by atoms with Crippen molar-refractivity contribution >= 4 is 5.65 Å². The van der Waals surface area contributed by atoms with E-state index in [1.165, 1.54) is 22.9 Å². The summed E-state index contributed by atoms with van der Waals surface area (Å²) >= 11 is 0. The second kappa shape index (κ2) is 4.13. The monoisotopic (exact) mass is 258 g/mol. The van der Waals surface area contributed by atoms with Gasteiger partial charge in [-0.15, -0.1) is 0 Å². The lowest BCUT2D eigenvalue weighted by Crippen LogP contribution is -2.09. The Kier molecular flexibility index (Phi) is 2.45. The van der Waals surface area contributed by atoms with E-state index in [2.05, 4.69) is 15.2 Å². The molecule has 0 aliphatic heterocycles. The molecule has 0 bridgehead atoms. The number of rotatable bonds is 2. The third-order valence-electron chi connectivity index (χ3n) is 2.54. The molecule has 96 valence electrons. The topological polar surface area (TPSA) is 92.5 Å². The normalized spacial score (nSPS) is 10.8. The number of ether oxygens (including phenoxy) is 1. The first-order chi connectivity index (χ1) is 9.11. The van der Waals surface area contributed by atoms with Crippen molar-refractivity contribution < 1.29 is 9.84 Å². The lowest BCUT2D eigenvalue weighted by molar-refractivity contribution is 0.444. The van der Waals surface area contributed by atoms with Crippen molar-refractivity contribution in [2.24, 2.45) is 0 Å². The average Bonchev–Trinajstić information content (AvgIpc) is 2.69. The van der Waals surface area contributed by atoms with Crippen LogP contribution >= 0.6 is 0 Å². The maximum atomic E-state index is 11.3. The highest BCUT2D eigenvalue weighted by Gasteiger charge is 2.05. The molecule has 2 aromatic heterocycles. The molecule has 2 heterocycles. The van der Waals surface area contributed by atoms with Crippen LogP contribution in [0, 0.1) is 6.92 Å². The van der Waals surface area contributed by atoms with Gasteiger partial charge in [0.25, 0.3) is 0 Å². The zero-order chi connectivity index (χ0) is 13.4. The number of phenolic OH excluding ortho intramolecular Hbond substituents is 1. The molecule has 0 saturated heterocycles. The smallest absolute Gasteiger partial charge is 0.348 e. The van der Waals surface area contributed by atoms with Gasteiger partial charge in [0.2, 0.25) is 5.88 Å². The molecule has 2 N–H and O–H groups in total. The molecule has 0 aliphatic carbocycles. The fraction of sp³-hybridized carbons (Fsp3) is 0.0833. The molecule has 7 heteroatoms. The van der Waals surface area contributed by atoms with Gasteiger partial charge in [0.1, 0.15) is 17.8 Å². The van der Waals surface area contributed by atoms with Crippen molar-refractivity contribution in [3.63, 3.8) is 0 Å². The summed E-state index contributed by atoms with van der Waals surface area (Å²) in [7, 11) is 0. The van der Waals surface area contributed by atoms with Crippen LogP contribution < -0.4 is 10.4 Å². The van der Waals surface area contributed by atoms with Crippen molar-refractivity contribution in [1.29, 1.82) is 0 Å². The highest BCUT2D eigenvalue weighted by molar-refractivity contribution is 5.42. The van der Waals surface area contributed by atoms with E-state index in [0.29, 0.717) is 11.4 Å². The van der Waals surface area contributed by atoms with Crippen molar-refractivity contribution in [1.82, 2.24) is 19.6 Å². The largest absolute Gasteiger partial charge is 0.508 e. The van der Waals surface area contributed by atoms with Gasteiger partial charge in [0.15, 0.2) is 5.65 Å². The van der Waals surface area contributed by atoms with Gasteiger partial charge < -0.3 is 9.84 Å². The van der Waals surface area contributed by atoms with Crippen molar-refractivity contribution in [2.45, 2.75) is 6.92 Å². The van der Waals surface area contributed by atoms with Gasteiger partial charge in [-0.25, -0.2) is 19.3 Å². The molecule has 0 fully saturated rings. The van der Waals surface area contributed by atoms with Crippen LogP contribution in [0.4, 0.5) is 0 Å².